The van der Waals surface area contributed by atoms with E-state index in [9.17, 15) is 5.11 Å². The number of anilines is 2. The summed E-state index contributed by atoms with van der Waals surface area (Å²) in [7, 11) is 0. The summed E-state index contributed by atoms with van der Waals surface area (Å²) in [4.78, 5) is 13.5. The van der Waals surface area contributed by atoms with E-state index in [0.29, 0.717) is 12.5 Å². The summed E-state index contributed by atoms with van der Waals surface area (Å²) in [6.45, 7) is 3.35. The summed E-state index contributed by atoms with van der Waals surface area (Å²) in [5.74, 6) is 2.12. The van der Waals surface area contributed by atoms with E-state index in [1.165, 1.54) is 11.1 Å². The highest BCUT2D eigenvalue weighted by atomic mass is 16.3. The van der Waals surface area contributed by atoms with Crippen molar-refractivity contribution in [1.82, 2.24) is 9.97 Å². The first-order valence-corrected chi connectivity index (χ1v) is 7.83. The molecule has 1 aliphatic carbocycles. The Morgan fingerprint density at radius 2 is 1.86 bits per heavy atom. The van der Waals surface area contributed by atoms with Gasteiger partial charge in [0, 0.05) is 38.3 Å². The minimum Gasteiger partial charge on any atom is -0.388 e. The Labute approximate surface area is 129 Å². The molecule has 0 spiro atoms. The van der Waals surface area contributed by atoms with Crippen LogP contribution in [0.15, 0.2) is 36.5 Å². The van der Waals surface area contributed by atoms with Gasteiger partial charge in [-0.15, -0.1) is 0 Å². The number of β-amino-alcohol motifs (C(OH)–C–C–N with tert-alkyl or cyclic N) is 1. The van der Waals surface area contributed by atoms with Gasteiger partial charge in [0.1, 0.15) is 5.82 Å². The molecule has 0 amide bonds. The summed E-state index contributed by atoms with van der Waals surface area (Å²) in [5, 5.41) is 10.2. The Bertz CT molecular complexity index is 724. The molecule has 5 rings (SSSR count). The van der Waals surface area contributed by atoms with Crippen LogP contribution in [0, 0.1) is 5.92 Å². The topological polar surface area (TPSA) is 52.5 Å². The minimum absolute atomic E-state index is 0.413. The zero-order valence-electron chi connectivity index (χ0n) is 12.3. The predicted octanol–water partition coefficient (Wildman–Crippen LogP) is 1.57. The number of rotatable bonds is 2. The fraction of sp³-hybridized carbons (Fsp3) is 0.412. The van der Waals surface area contributed by atoms with Crippen molar-refractivity contribution in [3.8, 4) is 0 Å². The third kappa shape index (κ3) is 1.82. The van der Waals surface area contributed by atoms with E-state index in [1.807, 2.05) is 12.3 Å². The van der Waals surface area contributed by atoms with Crippen molar-refractivity contribution in [3.63, 3.8) is 0 Å². The average molecular weight is 294 g/mol. The van der Waals surface area contributed by atoms with Gasteiger partial charge in [-0.25, -0.2) is 4.98 Å². The van der Waals surface area contributed by atoms with Crippen LogP contribution in [0.1, 0.15) is 17.5 Å². The van der Waals surface area contributed by atoms with E-state index in [0.717, 1.165) is 37.8 Å². The molecule has 5 nitrogen and oxygen atoms in total. The molecule has 0 radical (unpaired) electrons. The average Bonchev–Trinajstić information content (AvgIpc) is 2.90. The number of aromatic nitrogens is 2. The van der Waals surface area contributed by atoms with Crippen LogP contribution in [-0.4, -0.2) is 33.8 Å². The fourth-order valence-corrected chi connectivity index (χ4v) is 3.77. The first kappa shape index (κ1) is 12.4. The Morgan fingerprint density at radius 3 is 2.55 bits per heavy atom. The molecule has 3 aliphatic rings. The molecule has 112 valence electrons. The van der Waals surface area contributed by atoms with Crippen molar-refractivity contribution >= 4 is 11.8 Å². The number of fused-ring (bicyclic) bond motifs is 2. The van der Waals surface area contributed by atoms with Gasteiger partial charge >= 0.3 is 0 Å². The molecule has 1 saturated carbocycles. The van der Waals surface area contributed by atoms with Gasteiger partial charge < -0.3 is 14.9 Å². The van der Waals surface area contributed by atoms with Crippen LogP contribution in [0.5, 0.6) is 0 Å². The van der Waals surface area contributed by atoms with Crippen LogP contribution in [-0.2, 0) is 13.1 Å². The highest BCUT2D eigenvalue weighted by Crippen LogP contribution is 2.49. The summed E-state index contributed by atoms with van der Waals surface area (Å²) in [5.41, 5.74) is 2.28. The van der Waals surface area contributed by atoms with Crippen molar-refractivity contribution in [3.05, 3.63) is 47.7 Å². The second-order valence-corrected chi connectivity index (χ2v) is 6.72. The molecule has 1 N–H and O–H groups in total. The second-order valence-electron chi connectivity index (χ2n) is 6.72. The van der Waals surface area contributed by atoms with Gasteiger partial charge in [0.25, 0.3) is 0 Å². The molecule has 0 bridgehead atoms. The fourth-order valence-electron chi connectivity index (χ4n) is 3.77. The Morgan fingerprint density at radius 1 is 1.09 bits per heavy atom. The van der Waals surface area contributed by atoms with Gasteiger partial charge in [-0.3, -0.25) is 0 Å². The standard InChI is InChI=1S/C17H18N4O/c22-17-7-14(17)10-21(11-17)16-18-6-5-15(19-16)20-8-12-3-1-2-4-13(12)9-20/h1-6,14,22H,7-11H2. The van der Waals surface area contributed by atoms with E-state index in [4.69, 9.17) is 4.98 Å². The van der Waals surface area contributed by atoms with E-state index in [1.54, 1.807) is 0 Å². The third-order valence-corrected chi connectivity index (χ3v) is 5.18. The predicted molar refractivity (Wildman–Crippen MR) is 83.6 cm³/mol. The normalized spacial score (nSPS) is 28.7. The lowest BCUT2D eigenvalue weighted by Crippen LogP contribution is -2.29. The minimum atomic E-state index is -0.469. The molecule has 3 heterocycles. The zero-order chi connectivity index (χ0) is 14.7. The maximum Gasteiger partial charge on any atom is 0.227 e. The van der Waals surface area contributed by atoms with Crippen LogP contribution in [0.3, 0.4) is 0 Å². The third-order valence-electron chi connectivity index (χ3n) is 5.18. The van der Waals surface area contributed by atoms with E-state index in [-0.39, 0.29) is 0 Å². The van der Waals surface area contributed by atoms with Crippen molar-refractivity contribution in [1.29, 1.82) is 0 Å². The van der Waals surface area contributed by atoms with Crippen molar-refractivity contribution in [2.45, 2.75) is 25.1 Å². The highest BCUT2D eigenvalue weighted by Gasteiger charge is 2.59. The van der Waals surface area contributed by atoms with Gasteiger partial charge in [-0.2, -0.15) is 4.98 Å². The number of piperidine rings is 1. The monoisotopic (exact) mass is 294 g/mol. The second kappa shape index (κ2) is 4.20. The molecule has 1 aromatic heterocycles. The first-order valence-electron chi connectivity index (χ1n) is 7.83. The van der Waals surface area contributed by atoms with Crippen molar-refractivity contribution in [2.75, 3.05) is 22.9 Å². The molecule has 5 heteroatoms. The maximum atomic E-state index is 10.2. The molecule has 2 atom stereocenters. The lowest BCUT2D eigenvalue weighted by atomic mass is 10.1. The SMILES string of the molecule is OC12CC1CN(c1nccc(N3Cc4ccccc4C3)n1)C2. The summed E-state index contributed by atoms with van der Waals surface area (Å²) >= 11 is 0. The Kier molecular flexibility index (Phi) is 2.37. The van der Waals surface area contributed by atoms with Crippen molar-refractivity contribution in [2.24, 2.45) is 5.92 Å². The van der Waals surface area contributed by atoms with E-state index >= 15 is 0 Å². The highest BCUT2D eigenvalue weighted by molar-refractivity contribution is 5.50. The largest absolute Gasteiger partial charge is 0.388 e. The summed E-state index contributed by atoms with van der Waals surface area (Å²) < 4.78 is 0. The maximum absolute atomic E-state index is 10.2. The molecular weight excluding hydrogens is 276 g/mol. The summed E-state index contributed by atoms with van der Waals surface area (Å²) in [6.07, 6.45) is 2.76. The molecule has 2 aromatic rings. The Balaban J connectivity index is 1.40. The molecule has 2 unspecified atom stereocenters. The van der Waals surface area contributed by atoms with Crippen LogP contribution in [0.4, 0.5) is 11.8 Å². The zero-order valence-corrected chi connectivity index (χ0v) is 12.3. The van der Waals surface area contributed by atoms with Gasteiger partial charge in [-0.1, -0.05) is 24.3 Å². The Hall–Kier alpha value is -2.14. The number of hydrogen-bond donors (Lipinski definition) is 1. The van der Waals surface area contributed by atoms with Gasteiger partial charge in [0.15, 0.2) is 0 Å². The lowest BCUT2D eigenvalue weighted by molar-refractivity contribution is 0.158. The quantitative estimate of drug-likeness (QED) is 0.911. The molecule has 1 aromatic carbocycles. The van der Waals surface area contributed by atoms with Gasteiger partial charge in [0.2, 0.25) is 5.95 Å². The lowest BCUT2D eigenvalue weighted by Gasteiger charge is -2.22. The summed E-state index contributed by atoms with van der Waals surface area (Å²) in [6, 6.07) is 10.5. The molecule has 2 fully saturated rings. The van der Waals surface area contributed by atoms with Crippen molar-refractivity contribution < 1.29 is 5.11 Å². The number of hydrogen-bond acceptors (Lipinski definition) is 5. The van der Waals surface area contributed by atoms with Gasteiger partial charge in [0.05, 0.1) is 5.60 Å². The van der Waals surface area contributed by atoms with Crippen LogP contribution in [0.2, 0.25) is 0 Å². The van der Waals surface area contributed by atoms with E-state index < -0.39 is 5.60 Å². The molecule has 2 aliphatic heterocycles. The smallest absolute Gasteiger partial charge is 0.227 e. The number of aliphatic hydroxyl groups is 1. The van der Waals surface area contributed by atoms with Crippen LogP contribution >= 0.6 is 0 Å². The molecule has 22 heavy (non-hydrogen) atoms. The molecule has 1 saturated heterocycles. The first-order chi connectivity index (χ1) is 10.7. The van der Waals surface area contributed by atoms with Gasteiger partial charge in [-0.05, 0) is 23.6 Å². The van der Waals surface area contributed by atoms with Crippen LogP contribution < -0.4 is 9.80 Å². The van der Waals surface area contributed by atoms with Crippen LogP contribution in [0.25, 0.3) is 0 Å². The van der Waals surface area contributed by atoms with E-state index in [2.05, 4.69) is 39.0 Å². The number of benzene rings is 1. The number of nitrogens with zero attached hydrogens (tertiary/aromatic N) is 4. The molecular formula is C17H18N4O.